The molecule has 1 heterocycles. The second-order valence-corrected chi connectivity index (χ2v) is 2.75. The molecule has 0 aromatic rings. The fourth-order valence-electron chi connectivity index (χ4n) is 0.813. The van der Waals surface area contributed by atoms with Crippen molar-refractivity contribution in [1.82, 2.24) is 0 Å². The lowest BCUT2D eigenvalue weighted by Crippen LogP contribution is -2.07. The first-order valence-corrected chi connectivity index (χ1v) is 3.82. The van der Waals surface area contributed by atoms with Gasteiger partial charge in [-0.2, -0.15) is 0 Å². The molecular weight excluding hydrogens is 156 g/mol. The molecular formula is C9H12O3. The molecule has 0 atom stereocenters. The van der Waals surface area contributed by atoms with Crippen molar-refractivity contribution in [2.45, 2.75) is 13.3 Å². The number of carbonyl (C=O) groups is 1. The van der Waals surface area contributed by atoms with Crippen molar-refractivity contribution in [3.05, 3.63) is 24.0 Å². The van der Waals surface area contributed by atoms with Crippen LogP contribution in [0.5, 0.6) is 0 Å². The molecule has 0 fully saturated rings. The highest BCUT2D eigenvalue weighted by molar-refractivity contribution is 5.87. The van der Waals surface area contributed by atoms with Crippen LogP contribution in [0.25, 0.3) is 0 Å². The van der Waals surface area contributed by atoms with E-state index < -0.39 is 0 Å². The van der Waals surface area contributed by atoms with E-state index in [0.717, 1.165) is 12.0 Å². The summed E-state index contributed by atoms with van der Waals surface area (Å²) in [5.41, 5.74) is 1.44. The first-order chi connectivity index (χ1) is 5.70. The molecule has 0 saturated carbocycles. The summed E-state index contributed by atoms with van der Waals surface area (Å²) in [5.74, 6) is -0.345. The van der Waals surface area contributed by atoms with Crippen LogP contribution in [0.3, 0.4) is 0 Å². The van der Waals surface area contributed by atoms with Crippen LogP contribution in [0, 0.1) is 0 Å². The van der Waals surface area contributed by atoms with E-state index in [2.05, 4.69) is 6.58 Å². The lowest BCUT2D eigenvalue weighted by Gasteiger charge is -2.02. The summed E-state index contributed by atoms with van der Waals surface area (Å²) >= 11 is 0. The van der Waals surface area contributed by atoms with Crippen molar-refractivity contribution in [3.63, 3.8) is 0 Å². The molecule has 1 aliphatic rings. The number of ether oxygens (including phenoxy) is 2. The minimum Gasteiger partial charge on any atom is -0.501 e. The molecule has 1 rings (SSSR count). The topological polar surface area (TPSA) is 35.5 Å². The van der Waals surface area contributed by atoms with Crippen molar-refractivity contribution >= 4 is 5.97 Å². The third-order valence-corrected chi connectivity index (χ3v) is 1.53. The van der Waals surface area contributed by atoms with Gasteiger partial charge in [0.15, 0.2) is 0 Å². The fourth-order valence-corrected chi connectivity index (χ4v) is 0.813. The largest absolute Gasteiger partial charge is 0.501 e. The third kappa shape index (κ3) is 2.42. The van der Waals surface area contributed by atoms with E-state index in [9.17, 15) is 4.79 Å². The predicted molar refractivity (Wildman–Crippen MR) is 44.4 cm³/mol. The quantitative estimate of drug-likeness (QED) is 0.472. The van der Waals surface area contributed by atoms with Crippen LogP contribution in [-0.2, 0) is 14.3 Å². The summed E-state index contributed by atoms with van der Waals surface area (Å²) in [4.78, 5) is 10.9. The van der Waals surface area contributed by atoms with Gasteiger partial charge in [-0.25, -0.2) is 4.79 Å². The van der Waals surface area contributed by atoms with Gasteiger partial charge in [-0.3, -0.25) is 0 Å². The maximum Gasteiger partial charge on any atom is 0.333 e. The van der Waals surface area contributed by atoms with Gasteiger partial charge in [0.25, 0.3) is 0 Å². The molecule has 66 valence electrons. The SMILES string of the molecule is C=C(C)C(=O)OCC1=COCC1. The Morgan fingerprint density at radius 3 is 3.08 bits per heavy atom. The van der Waals surface area contributed by atoms with Crippen molar-refractivity contribution in [2.75, 3.05) is 13.2 Å². The Morgan fingerprint density at radius 2 is 2.58 bits per heavy atom. The van der Waals surface area contributed by atoms with E-state index in [4.69, 9.17) is 9.47 Å². The van der Waals surface area contributed by atoms with Gasteiger partial charge in [-0.15, -0.1) is 0 Å². The van der Waals surface area contributed by atoms with E-state index in [1.54, 1.807) is 13.2 Å². The third-order valence-electron chi connectivity index (χ3n) is 1.53. The van der Waals surface area contributed by atoms with Crippen LogP contribution >= 0.6 is 0 Å². The van der Waals surface area contributed by atoms with Crippen LogP contribution in [0.4, 0.5) is 0 Å². The lowest BCUT2D eigenvalue weighted by atomic mass is 10.2. The summed E-state index contributed by atoms with van der Waals surface area (Å²) in [7, 11) is 0. The Labute approximate surface area is 71.7 Å². The van der Waals surface area contributed by atoms with Crippen LogP contribution in [-0.4, -0.2) is 19.2 Å². The normalized spacial score (nSPS) is 14.9. The molecule has 0 saturated heterocycles. The zero-order valence-electron chi connectivity index (χ0n) is 7.13. The van der Waals surface area contributed by atoms with Gasteiger partial charge in [0.1, 0.15) is 6.61 Å². The Bertz CT molecular complexity index is 226. The Morgan fingerprint density at radius 1 is 1.83 bits per heavy atom. The van der Waals surface area contributed by atoms with Gasteiger partial charge in [-0.1, -0.05) is 6.58 Å². The van der Waals surface area contributed by atoms with Gasteiger partial charge in [0.05, 0.1) is 12.9 Å². The van der Waals surface area contributed by atoms with Gasteiger partial charge >= 0.3 is 5.97 Å². The summed E-state index contributed by atoms with van der Waals surface area (Å²) in [6, 6.07) is 0. The summed E-state index contributed by atoms with van der Waals surface area (Å²) < 4.78 is 9.87. The number of carbonyl (C=O) groups excluding carboxylic acids is 1. The van der Waals surface area contributed by atoms with Crippen molar-refractivity contribution in [3.8, 4) is 0 Å². The van der Waals surface area contributed by atoms with Crippen LogP contribution in [0.2, 0.25) is 0 Å². The molecule has 1 aliphatic heterocycles. The summed E-state index contributed by atoms with van der Waals surface area (Å²) in [6.07, 6.45) is 2.50. The van der Waals surface area contributed by atoms with E-state index in [-0.39, 0.29) is 5.97 Å². The molecule has 0 aromatic carbocycles. The first-order valence-electron chi connectivity index (χ1n) is 3.82. The number of hydrogen-bond acceptors (Lipinski definition) is 3. The molecule has 0 unspecified atom stereocenters. The molecule has 0 radical (unpaired) electrons. The maximum absolute atomic E-state index is 10.9. The highest BCUT2D eigenvalue weighted by atomic mass is 16.5. The summed E-state index contributed by atoms with van der Waals surface area (Å²) in [5, 5.41) is 0. The Balaban J connectivity index is 2.25. The number of hydrogen-bond donors (Lipinski definition) is 0. The van der Waals surface area contributed by atoms with Crippen molar-refractivity contribution in [1.29, 1.82) is 0 Å². The fraction of sp³-hybridized carbons (Fsp3) is 0.444. The van der Waals surface area contributed by atoms with Gasteiger partial charge in [0.2, 0.25) is 0 Å². The molecule has 0 spiro atoms. The minimum atomic E-state index is -0.345. The maximum atomic E-state index is 10.9. The second-order valence-electron chi connectivity index (χ2n) is 2.75. The molecule has 0 bridgehead atoms. The van der Waals surface area contributed by atoms with E-state index in [1.807, 2.05) is 0 Å². The minimum absolute atomic E-state index is 0.325. The zero-order chi connectivity index (χ0) is 8.97. The second kappa shape index (κ2) is 3.95. The number of esters is 1. The molecule has 12 heavy (non-hydrogen) atoms. The molecule has 0 aromatic heterocycles. The Hall–Kier alpha value is -1.25. The lowest BCUT2D eigenvalue weighted by molar-refractivity contribution is -0.138. The number of rotatable bonds is 3. The smallest absolute Gasteiger partial charge is 0.333 e. The highest BCUT2D eigenvalue weighted by Crippen LogP contribution is 2.10. The first kappa shape index (κ1) is 8.84. The molecule has 0 N–H and O–H groups in total. The summed E-state index contributed by atoms with van der Waals surface area (Å²) in [6.45, 7) is 6.12. The van der Waals surface area contributed by atoms with Gasteiger partial charge in [0, 0.05) is 17.6 Å². The zero-order valence-corrected chi connectivity index (χ0v) is 7.13. The van der Waals surface area contributed by atoms with E-state index in [0.29, 0.717) is 18.8 Å². The Kier molecular flexibility index (Phi) is 2.91. The van der Waals surface area contributed by atoms with Crippen LogP contribution in [0.15, 0.2) is 24.0 Å². The van der Waals surface area contributed by atoms with Crippen molar-refractivity contribution < 1.29 is 14.3 Å². The molecule has 0 aliphatic carbocycles. The predicted octanol–water partition coefficient (Wildman–Crippen LogP) is 1.41. The average molecular weight is 168 g/mol. The van der Waals surface area contributed by atoms with Crippen LogP contribution in [0.1, 0.15) is 13.3 Å². The average Bonchev–Trinajstić information content (AvgIpc) is 2.51. The molecule has 3 heteroatoms. The monoisotopic (exact) mass is 168 g/mol. The standard InChI is InChI=1S/C9H12O3/c1-7(2)9(10)12-6-8-3-4-11-5-8/h5H,1,3-4,6H2,2H3. The van der Waals surface area contributed by atoms with E-state index >= 15 is 0 Å². The van der Waals surface area contributed by atoms with Gasteiger partial charge in [-0.05, 0) is 6.92 Å². The van der Waals surface area contributed by atoms with E-state index in [1.165, 1.54) is 0 Å². The van der Waals surface area contributed by atoms with Crippen molar-refractivity contribution in [2.24, 2.45) is 0 Å². The highest BCUT2D eigenvalue weighted by Gasteiger charge is 2.08. The van der Waals surface area contributed by atoms with Crippen LogP contribution < -0.4 is 0 Å². The molecule has 0 amide bonds. The van der Waals surface area contributed by atoms with Gasteiger partial charge < -0.3 is 9.47 Å². The molecule has 3 nitrogen and oxygen atoms in total.